The maximum atomic E-state index is 12.7. The summed E-state index contributed by atoms with van der Waals surface area (Å²) in [6.45, 7) is 4.80. The molecule has 0 heterocycles. The number of carbonyl (C=O) groups is 2. The molecule has 0 fully saturated rings. The Balaban J connectivity index is 1.62. The van der Waals surface area contributed by atoms with Crippen LogP contribution in [0, 0.1) is 13.8 Å². The second-order valence-electron chi connectivity index (χ2n) is 8.14. The Morgan fingerprint density at radius 1 is 0.727 bits per heavy atom. The summed E-state index contributed by atoms with van der Waals surface area (Å²) in [7, 11) is 1.63. The number of methoxy groups -OCH3 is 1. The van der Waals surface area contributed by atoms with E-state index in [1.807, 2.05) is 91.5 Å². The minimum absolute atomic E-state index is 0.116. The highest BCUT2D eigenvalue weighted by atomic mass is 16.5. The molecule has 0 aliphatic rings. The predicted molar refractivity (Wildman–Crippen MR) is 133 cm³/mol. The van der Waals surface area contributed by atoms with Gasteiger partial charge in [-0.15, -0.1) is 0 Å². The zero-order valence-corrected chi connectivity index (χ0v) is 19.4. The highest BCUT2D eigenvalue weighted by molar-refractivity contribution is 5.94. The fourth-order valence-electron chi connectivity index (χ4n) is 3.37. The van der Waals surface area contributed by atoms with Gasteiger partial charge in [-0.1, -0.05) is 47.5 Å². The lowest BCUT2D eigenvalue weighted by atomic mass is 10.1. The van der Waals surface area contributed by atoms with E-state index in [0.29, 0.717) is 13.0 Å². The van der Waals surface area contributed by atoms with Crippen LogP contribution >= 0.6 is 0 Å². The molecule has 3 aromatic carbocycles. The minimum atomic E-state index is -0.156. The summed E-state index contributed by atoms with van der Waals surface area (Å²) in [4.78, 5) is 27.2. The third kappa shape index (κ3) is 8.09. The van der Waals surface area contributed by atoms with Gasteiger partial charge >= 0.3 is 0 Å². The summed E-state index contributed by atoms with van der Waals surface area (Å²) in [5.74, 6) is 0.485. The molecule has 2 N–H and O–H groups in total. The van der Waals surface area contributed by atoms with Crippen LogP contribution in [0.25, 0.3) is 0 Å². The summed E-state index contributed by atoms with van der Waals surface area (Å²) >= 11 is 0. The van der Waals surface area contributed by atoms with Crippen LogP contribution in [0.15, 0.2) is 72.8 Å². The van der Waals surface area contributed by atoms with E-state index < -0.39 is 0 Å². The average molecular weight is 446 g/mol. The number of ether oxygens (including phenoxy) is 1. The number of aryl methyl sites for hydroxylation is 2. The van der Waals surface area contributed by atoms with Gasteiger partial charge in [0.25, 0.3) is 0 Å². The molecule has 0 aliphatic heterocycles. The lowest BCUT2D eigenvalue weighted by Gasteiger charge is -2.21. The van der Waals surface area contributed by atoms with Gasteiger partial charge < -0.3 is 15.4 Å². The topological polar surface area (TPSA) is 70.7 Å². The fourth-order valence-corrected chi connectivity index (χ4v) is 3.37. The molecular weight excluding hydrogens is 414 g/mol. The van der Waals surface area contributed by atoms with Gasteiger partial charge in [0, 0.05) is 17.9 Å². The van der Waals surface area contributed by atoms with Crippen molar-refractivity contribution in [3.05, 3.63) is 89.5 Å². The fraction of sp³-hybridized carbons (Fsp3) is 0.259. The first-order valence-corrected chi connectivity index (χ1v) is 11.0. The van der Waals surface area contributed by atoms with E-state index in [-0.39, 0.29) is 24.9 Å². The molecule has 0 aliphatic carbocycles. The Morgan fingerprint density at radius 2 is 1.18 bits per heavy atom. The lowest BCUT2D eigenvalue weighted by Crippen LogP contribution is -2.40. The second kappa shape index (κ2) is 11.8. The summed E-state index contributed by atoms with van der Waals surface area (Å²) in [6, 6.07) is 23.1. The molecule has 0 saturated carbocycles. The number of anilines is 2. The molecule has 3 rings (SSSR count). The lowest BCUT2D eigenvalue weighted by molar-refractivity contribution is -0.120. The molecule has 0 spiro atoms. The first-order valence-electron chi connectivity index (χ1n) is 11.0. The van der Waals surface area contributed by atoms with Crippen molar-refractivity contribution in [3.63, 3.8) is 0 Å². The zero-order chi connectivity index (χ0) is 23.6. The summed E-state index contributed by atoms with van der Waals surface area (Å²) in [5.41, 5.74) is 4.84. The van der Waals surface area contributed by atoms with Crippen molar-refractivity contribution in [1.82, 2.24) is 4.90 Å². The largest absolute Gasteiger partial charge is 0.497 e. The molecule has 6 nitrogen and oxygen atoms in total. The van der Waals surface area contributed by atoms with Gasteiger partial charge in [-0.25, -0.2) is 0 Å². The molecule has 3 aromatic rings. The number of hydrogen-bond acceptors (Lipinski definition) is 4. The standard InChI is InChI=1S/C27H31N3O3/c1-20-4-10-23(11-5-20)28-26(31)18-30(17-16-22-8-14-25(33-3)15-9-22)19-27(32)29-24-12-6-21(2)7-13-24/h4-15H,16-19H2,1-3H3,(H,28,31)(H,29,32). The molecule has 172 valence electrons. The van der Waals surface area contributed by atoms with E-state index in [2.05, 4.69) is 10.6 Å². The zero-order valence-electron chi connectivity index (χ0n) is 19.4. The normalized spacial score (nSPS) is 10.7. The highest BCUT2D eigenvalue weighted by Crippen LogP contribution is 2.13. The number of benzene rings is 3. The number of carbonyl (C=O) groups excluding carboxylic acids is 2. The second-order valence-corrected chi connectivity index (χ2v) is 8.14. The van der Waals surface area contributed by atoms with E-state index in [9.17, 15) is 9.59 Å². The van der Waals surface area contributed by atoms with Gasteiger partial charge in [0.1, 0.15) is 5.75 Å². The van der Waals surface area contributed by atoms with Gasteiger partial charge in [0.15, 0.2) is 0 Å². The first kappa shape index (κ1) is 24.0. The number of rotatable bonds is 10. The van der Waals surface area contributed by atoms with Crippen LogP contribution in [-0.4, -0.2) is 43.5 Å². The van der Waals surface area contributed by atoms with E-state index in [0.717, 1.165) is 33.8 Å². The smallest absolute Gasteiger partial charge is 0.238 e. The van der Waals surface area contributed by atoms with Crippen LogP contribution in [0.1, 0.15) is 16.7 Å². The SMILES string of the molecule is COc1ccc(CCN(CC(=O)Nc2ccc(C)cc2)CC(=O)Nc2ccc(C)cc2)cc1. The monoisotopic (exact) mass is 445 g/mol. The third-order valence-corrected chi connectivity index (χ3v) is 5.28. The van der Waals surface area contributed by atoms with E-state index in [1.54, 1.807) is 7.11 Å². The maximum absolute atomic E-state index is 12.7. The molecule has 0 atom stereocenters. The average Bonchev–Trinajstić information content (AvgIpc) is 2.81. The van der Waals surface area contributed by atoms with Crippen LogP contribution in [-0.2, 0) is 16.0 Å². The van der Waals surface area contributed by atoms with Crippen molar-refractivity contribution in [3.8, 4) is 5.75 Å². The van der Waals surface area contributed by atoms with Crippen LogP contribution in [0.2, 0.25) is 0 Å². The molecule has 0 aromatic heterocycles. The molecule has 6 heteroatoms. The Hall–Kier alpha value is -3.64. The van der Waals surface area contributed by atoms with Crippen LogP contribution < -0.4 is 15.4 Å². The number of amides is 2. The number of nitrogens with one attached hydrogen (secondary N) is 2. The van der Waals surface area contributed by atoms with Crippen molar-refractivity contribution < 1.29 is 14.3 Å². The Kier molecular flexibility index (Phi) is 8.61. The molecular formula is C27H31N3O3. The van der Waals surface area contributed by atoms with E-state index in [4.69, 9.17) is 4.74 Å². The van der Waals surface area contributed by atoms with Crippen molar-refractivity contribution in [1.29, 1.82) is 0 Å². The van der Waals surface area contributed by atoms with Crippen LogP contribution in [0.3, 0.4) is 0 Å². The molecule has 0 saturated heterocycles. The minimum Gasteiger partial charge on any atom is -0.497 e. The van der Waals surface area contributed by atoms with Gasteiger partial charge in [0.2, 0.25) is 11.8 Å². The van der Waals surface area contributed by atoms with Crippen molar-refractivity contribution in [2.24, 2.45) is 0 Å². The molecule has 0 unspecified atom stereocenters. The molecule has 0 radical (unpaired) electrons. The Bertz CT molecular complexity index is 984. The molecule has 2 amide bonds. The van der Waals surface area contributed by atoms with Crippen molar-refractivity contribution >= 4 is 23.2 Å². The molecule has 0 bridgehead atoms. The van der Waals surface area contributed by atoms with Crippen LogP contribution in [0.4, 0.5) is 11.4 Å². The summed E-state index contributed by atoms with van der Waals surface area (Å²) in [6.07, 6.45) is 0.708. The molecule has 33 heavy (non-hydrogen) atoms. The van der Waals surface area contributed by atoms with Gasteiger partial charge in [0.05, 0.1) is 20.2 Å². The van der Waals surface area contributed by atoms with Gasteiger partial charge in [-0.2, -0.15) is 0 Å². The van der Waals surface area contributed by atoms with Crippen LogP contribution in [0.5, 0.6) is 5.75 Å². The predicted octanol–water partition coefficient (Wildman–Crippen LogP) is 4.43. The Morgan fingerprint density at radius 3 is 1.61 bits per heavy atom. The quantitative estimate of drug-likeness (QED) is 0.484. The number of nitrogens with zero attached hydrogens (tertiary/aromatic N) is 1. The van der Waals surface area contributed by atoms with E-state index in [1.165, 1.54) is 0 Å². The first-order chi connectivity index (χ1) is 15.9. The van der Waals surface area contributed by atoms with Gasteiger partial charge in [-0.3, -0.25) is 14.5 Å². The number of hydrogen-bond donors (Lipinski definition) is 2. The maximum Gasteiger partial charge on any atom is 0.238 e. The third-order valence-electron chi connectivity index (χ3n) is 5.28. The van der Waals surface area contributed by atoms with Gasteiger partial charge in [-0.05, 0) is 62.2 Å². The summed E-state index contributed by atoms with van der Waals surface area (Å²) < 4.78 is 5.21. The van der Waals surface area contributed by atoms with E-state index >= 15 is 0 Å². The highest BCUT2D eigenvalue weighted by Gasteiger charge is 2.15. The van der Waals surface area contributed by atoms with Crippen molar-refractivity contribution in [2.45, 2.75) is 20.3 Å². The summed E-state index contributed by atoms with van der Waals surface area (Å²) in [5, 5.41) is 5.83. The van der Waals surface area contributed by atoms with Crippen molar-refractivity contribution in [2.75, 3.05) is 37.4 Å². The Labute approximate surface area is 195 Å².